The lowest BCUT2D eigenvalue weighted by atomic mass is 10.3. The third-order valence-corrected chi connectivity index (χ3v) is 3.38. The van der Waals surface area contributed by atoms with Crippen molar-refractivity contribution in [3.8, 4) is 0 Å². The lowest BCUT2D eigenvalue weighted by Crippen LogP contribution is -2.06. The first-order chi connectivity index (χ1) is 8.65. The molecule has 5 nitrogen and oxygen atoms in total. The van der Waals surface area contributed by atoms with Crippen molar-refractivity contribution in [2.24, 2.45) is 0 Å². The van der Waals surface area contributed by atoms with Gasteiger partial charge in [-0.25, -0.2) is 9.37 Å². The van der Waals surface area contributed by atoms with Gasteiger partial charge in [0.1, 0.15) is 5.52 Å². The Labute approximate surface area is 105 Å². The highest BCUT2D eigenvalue weighted by Crippen LogP contribution is 2.21. The Kier molecular flexibility index (Phi) is 2.41. The fourth-order valence-corrected chi connectivity index (χ4v) is 2.43. The smallest absolute Gasteiger partial charge is 0.304 e. The first-order valence-electron chi connectivity index (χ1n) is 5.22. The molecule has 3 rings (SSSR count). The Morgan fingerprint density at radius 3 is 3.06 bits per heavy atom. The minimum Gasteiger partial charge on any atom is -0.369 e. The maximum atomic E-state index is 13.5. The van der Waals surface area contributed by atoms with E-state index in [0.717, 1.165) is 17.0 Å². The molecular weight excluding hydrogens is 255 g/mol. The predicted octanol–water partition coefficient (Wildman–Crippen LogP) is 1.56. The summed E-state index contributed by atoms with van der Waals surface area (Å²) in [6.45, 7) is 0.366. The second-order valence-corrected chi connectivity index (χ2v) is 4.68. The number of nitrogen functional groups attached to an aromatic ring is 1. The summed E-state index contributed by atoms with van der Waals surface area (Å²) in [6, 6.07) is 4.68. The average Bonchev–Trinajstić information content (AvgIpc) is 2.87. The highest BCUT2D eigenvalue weighted by atomic mass is 32.1. The highest BCUT2D eigenvalue weighted by Gasteiger charge is 2.12. The Morgan fingerprint density at radius 1 is 1.50 bits per heavy atom. The Hall–Kier alpha value is -2.15. The molecular formula is C11H9FN4OS. The van der Waals surface area contributed by atoms with Crippen LogP contribution in [0, 0.1) is 5.82 Å². The van der Waals surface area contributed by atoms with Gasteiger partial charge in [0.2, 0.25) is 5.95 Å². The zero-order valence-electron chi connectivity index (χ0n) is 9.18. The molecule has 0 aliphatic heterocycles. The highest BCUT2D eigenvalue weighted by molar-refractivity contribution is 7.07. The van der Waals surface area contributed by atoms with E-state index < -0.39 is 5.82 Å². The van der Waals surface area contributed by atoms with Gasteiger partial charge in [-0.3, -0.25) is 4.79 Å². The van der Waals surface area contributed by atoms with E-state index >= 15 is 0 Å². The number of fused-ring (bicyclic) bond motifs is 1. The third-order valence-electron chi connectivity index (χ3n) is 2.66. The van der Waals surface area contributed by atoms with Crippen LogP contribution in [-0.2, 0) is 6.54 Å². The zero-order chi connectivity index (χ0) is 12.7. The van der Waals surface area contributed by atoms with Crippen LogP contribution >= 0.6 is 11.3 Å². The van der Waals surface area contributed by atoms with Gasteiger partial charge >= 0.3 is 4.87 Å². The number of para-hydroxylation sites is 1. The van der Waals surface area contributed by atoms with Gasteiger partial charge in [-0.2, -0.15) is 0 Å². The van der Waals surface area contributed by atoms with Crippen molar-refractivity contribution in [2.45, 2.75) is 6.54 Å². The quantitative estimate of drug-likeness (QED) is 0.737. The normalized spacial score (nSPS) is 11.2. The van der Waals surface area contributed by atoms with E-state index in [1.165, 1.54) is 6.07 Å². The molecule has 0 fully saturated rings. The van der Waals surface area contributed by atoms with Crippen LogP contribution in [0.15, 0.2) is 28.4 Å². The summed E-state index contributed by atoms with van der Waals surface area (Å²) in [4.78, 5) is 17.6. The number of aromatic amines is 1. The van der Waals surface area contributed by atoms with E-state index in [2.05, 4.69) is 9.97 Å². The number of nitrogens with one attached hydrogen (secondary N) is 1. The molecule has 0 saturated heterocycles. The minimum atomic E-state index is -0.406. The second-order valence-electron chi connectivity index (χ2n) is 3.84. The molecule has 0 aliphatic carbocycles. The van der Waals surface area contributed by atoms with Crippen LogP contribution in [0.5, 0.6) is 0 Å². The maximum Gasteiger partial charge on any atom is 0.304 e. The van der Waals surface area contributed by atoms with E-state index in [4.69, 9.17) is 5.73 Å². The molecule has 2 aromatic heterocycles. The molecule has 3 N–H and O–H groups in total. The largest absolute Gasteiger partial charge is 0.369 e. The summed E-state index contributed by atoms with van der Waals surface area (Å²) in [5.41, 5.74) is 7.35. The molecule has 0 amide bonds. The molecule has 7 heteroatoms. The van der Waals surface area contributed by atoms with E-state index in [9.17, 15) is 9.18 Å². The van der Waals surface area contributed by atoms with Gasteiger partial charge in [-0.15, -0.1) is 0 Å². The van der Waals surface area contributed by atoms with E-state index in [-0.39, 0.29) is 16.3 Å². The fourth-order valence-electron chi connectivity index (χ4n) is 1.86. The summed E-state index contributed by atoms with van der Waals surface area (Å²) in [5.74, 6) is -0.182. The average molecular weight is 264 g/mol. The summed E-state index contributed by atoms with van der Waals surface area (Å²) in [6.07, 6.45) is 0. The Balaban J connectivity index is 2.14. The molecule has 0 aliphatic rings. The predicted molar refractivity (Wildman–Crippen MR) is 68.1 cm³/mol. The van der Waals surface area contributed by atoms with Gasteiger partial charge in [-0.1, -0.05) is 17.4 Å². The summed E-state index contributed by atoms with van der Waals surface area (Å²) in [5, 5.41) is 1.72. The third kappa shape index (κ3) is 1.68. The number of halogens is 1. The monoisotopic (exact) mass is 264 g/mol. The van der Waals surface area contributed by atoms with Crippen LogP contribution in [-0.4, -0.2) is 14.5 Å². The van der Waals surface area contributed by atoms with Crippen molar-refractivity contribution in [3.05, 3.63) is 44.8 Å². The topological polar surface area (TPSA) is 76.7 Å². The van der Waals surface area contributed by atoms with Crippen molar-refractivity contribution >= 4 is 28.3 Å². The number of nitrogens with zero attached hydrogens (tertiary/aromatic N) is 2. The molecule has 0 saturated carbocycles. The zero-order valence-corrected chi connectivity index (χ0v) is 10.00. The van der Waals surface area contributed by atoms with Gasteiger partial charge < -0.3 is 15.3 Å². The first-order valence-corrected chi connectivity index (χ1v) is 6.10. The second kappa shape index (κ2) is 3.95. The lowest BCUT2D eigenvalue weighted by Gasteiger charge is -2.03. The molecule has 0 bridgehead atoms. The summed E-state index contributed by atoms with van der Waals surface area (Å²) < 4.78 is 15.2. The molecule has 0 unspecified atom stereocenters. The van der Waals surface area contributed by atoms with Gasteiger partial charge in [0.05, 0.1) is 12.1 Å². The molecule has 0 atom stereocenters. The fraction of sp³-hybridized carbons (Fsp3) is 0.0909. The molecule has 3 aromatic rings. The lowest BCUT2D eigenvalue weighted by molar-refractivity contribution is 0.637. The number of aromatic nitrogens is 3. The molecule has 1 aromatic carbocycles. The number of hydrogen-bond donors (Lipinski definition) is 2. The van der Waals surface area contributed by atoms with Gasteiger partial charge in [0.15, 0.2) is 5.82 Å². The number of imidazole rings is 1. The van der Waals surface area contributed by atoms with Gasteiger partial charge in [-0.05, 0) is 12.1 Å². The van der Waals surface area contributed by atoms with Crippen LogP contribution in [0.1, 0.15) is 5.69 Å². The van der Waals surface area contributed by atoms with E-state index in [1.807, 2.05) is 0 Å². The van der Waals surface area contributed by atoms with E-state index in [0.29, 0.717) is 12.1 Å². The van der Waals surface area contributed by atoms with Crippen LogP contribution in [0.4, 0.5) is 10.3 Å². The number of anilines is 1. The molecule has 2 heterocycles. The van der Waals surface area contributed by atoms with Crippen molar-refractivity contribution in [2.75, 3.05) is 5.73 Å². The number of nitrogens with two attached hydrogens (primary N) is 1. The number of H-pyrrole nitrogens is 1. The van der Waals surface area contributed by atoms with Crippen LogP contribution in [0.3, 0.4) is 0 Å². The van der Waals surface area contributed by atoms with Crippen molar-refractivity contribution in [1.82, 2.24) is 14.5 Å². The van der Waals surface area contributed by atoms with Crippen LogP contribution in [0.2, 0.25) is 0 Å². The minimum absolute atomic E-state index is 0.126. The van der Waals surface area contributed by atoms with Gasteiger partial charge in [0, 0.05) is 11.1 Å². The number of hydrogen-bond acceptors (Lipinski definition) is 4. The molecule has 92 valence electrons. The number of thiazole rings is 1. The summed E-state index contributed by atoms with van der Waals surface area (Å²) in [7, 11) is 0. The summed E-state index contributed by atoms with van der Waals surface area (Å²) >= 11 is 1.08. The number of rotatable bonds is 2. The number of benzene rings is 1. The molecule has 0 radical (unpaired) electrons. The first kappa shape index (κ1) is 11.0. The van der Waals surface area contributed by atoms with Crippen molar-refractivity contribution < 1.29 is 4.39 Å². The van der Waals surface area contributed by atoms with E-state index in [1.54, 1.807) is 22.1 Å². The van der Waals surface area contributed by atoms with Crippen LogP contribution < -0.4 is 10.6 Å². The SMILES string of the molecule is Nc1nc2c(F)cccc2n1Cc1csc(=O)[nH]1. The molecule has 18 heavy (non-hydrogen) atoms. The van der Waals surface area contributed by atoms with Gasteiger partial charge in [0.25, 0.3) is 0 Å². The maximum absolute atomic E-state index is 13.5. The van der Waals surface area contributed by atoms with Crippen LogP contribution in [0.25, 0.3) is 11.0 Å². The Bertz CT molecular complexity index is 773. The van der Waals surface area contributed by atoms with Crippen molar-refractivity contribution in [3.63, 3.8) is 0 Å². The Morgan fingerprint density at radius 2 is 2.33 bits per heavy atom. The molecule has 0 spiro atoms. The standard InChI is InChI=1S/C11H9FN4OS/c12-7-2-1-3-8-9(7)15-10(13)16(8)4-6-5-18-11(17)14-6/h1-3,5H,4H2,(H2,13,15)(H,14,17). The van der Waals surface area contributed by atoms with Crippen molar-refractivity contribution in [1.29, 1.82) is 0 Å².